The van der Waals surface area contributed by atoms with E-state index in [4.69, 9.17) is 11.6 Å². The molecule has 0 saturated heterocycles. The smallest absolute Gasteiger partial charge is 0.227 e. The highest BCUT2D eigenvalue weighted by atomic mass is 35.5. The van der Waals surface area contributed by atoms with E-state index in [1.165, 1.54) is 0 Å². The molecule has 1 amide bonds. The fourth-order valence-corrected chi connectivity index (χ4v) is 2.23. The minimum absolute atomic E-state index is 0.0550. The van der Waals surface area contributed by atoms with Crippen LogP contribution in [0.2, 0.25) is 5.15 Å². The van der Waals surface area contributed by atoms with E-state index in [0.29, 0.717) is 18.0 Å². The van der Waals surface area contributed by atoms with Crippen molar-refractivity contribution in [2.45, 2.75) is 12.8 Å². The Morgan fingerprint density at radius 2 is 1.91 bits per heavy atom. The van der Waals surface area contributed by atoms with Gasteiger partial charge in [-0.1, -0.05) is 23.7 Å². The predicted molar refractivity (Wildman–Crippen MR) is 91.7 cm³/mol. The average molecular weight is 318 g/mol. The normalized spacial score (nSPS) is 10.4. The second-order valence-corrected chi connectivity index (χ2v) is 5.74. The molecule has 0 bridgehead atoms. The number of rotatable bonds is 5. The number of hydrogen-bond donors (Lipinski definition) is 0. The van der Waals surface area contributed by atoms with Crippen molar-refractivity contribution in [3.63, 3.8) is 0 Å². The molecule has 0 atom stereocenters. The zero-order chi connectivity index (χ0) is 16.1. The van der Waals surface area contributed by atoms with Gasteiger partial charge in [0.1, 0.15) is 5.15 Å². The lowest BCUT2D eigenvalue weighted by atomic mass is 10.1. The number of pyridine rings is 1. The van der Waals surface area contributed by atoms with E-state index in [2.05, 4.69) is 22.0 Å². The lowest BCUT2D eigenvalue weighted by Crippen LogP contribution is -2.26. The van der Waals surface area contributed by atoms with Gasteiger partial charge in [0.2, 0.25) is 5.91 Å². The number of anilines is 2. The first kappa shape index (κ1) is 16.3. The Morgan fingerprint density at radius 3 is 2.55 bits per heavy atom. The summed E-state index contributed by atoms with van der Waals surface area (Å²) in [5.74, 6) is 0.0550. The number of hydrogen-bond acceptors (Lipinski definition) is 3. The van der Waals surface area contributed by atoms with Crippen molar-refractivity contribution >= 4 is 28.9 Å². The minimum atomic E-state index is 0.0550. The Balaban J connectivity index is 1.97. The maximum Gasteiger partial charge on any atom is 0.227 e. The van der Waals surface area contributed by atoms with Crippen LogP contribution >= 0.6 is 11.6 Å². The topological polar surface area (TPSA) is 36.4 Å². The summed E-state index contributed by atoms with van der Waals surface area (Å²) in [6, 6.07) is 11.7. The maximum atomic E-state index is 12.3. The van der Waals surface area contributed by atoms with E-state index in [0.717, 1.165) is 16.9 Å². The standard InChI is InChI=1S/C17H20ClN3O/c1-20(2)14-6-4-5-13(11-14)7-10-17(22)21(3)15-8-9-16(18)19-12-15/h4-6,8-9,11-12H,7,10H2,1-3H3. The Morgan fingerprint density at radius 1 is 1.14 bits per heavy atom. The van der Waals surface area contributed by atoms with Crippen molar-refractivity contribution in [2.24, 2.45) is 0 Å². The largest absolute Gasteiger partial charge is 0.378 e. The van der Waals surface area contributed by atoms with Crippen LogP contribution in [0.15, 0.2) is 42.6 Å². The van der Waals surface area contributed by atoms with Crippen LogP contribution in [-0.4, -0.2) is 32.0 Å². The van der Waals surface area contributed by atoms with Gasteiger partial charge < -0.3 is 9.80 Å². The molecule has 2 rings (SSSR count). The average Bonchev–Trinajstić information content (AvgIpc) is 2.53. The Hall–Kier alpha value is -2.07. The van der Waals surface area contributed by atoms with Gasteiger partial charge in [-0.15, -0.1) is 0 Å². The van der Waals surface area contributed by atoms with Gasteiger partial charge >= 0.3 is 0 Å². The highest BCUT2D eigenvalue weighted by molar-refractivity contribution is 6.29. The molecule has 0 aliphatic heterocycles. The molecule has 0 radical (unpaired) electrons. The molecule has 2 aromatic rings. The number of benzene rings is 1. The van der Waals surface area contributed by atoms with Crippen LogP contribution in [0.1, 0.15) is 12.0 Å². The summed E-state index contributed by atoms with van der Waals surface area (Å²) >= 11 is 5.76. The number of carbonyl (C=O) groups is 1. The number of aryl methyl sites for hydroxylation is 1. The van der Waals surface area contributed by atoms with Gasteiger partial charge in [-0.25, -0.2) is 4.98 Å². The van der Waals surface area contributed by atoms with Crippen molar-refractivity contribution in [1.29, 1.82) is 0 Å². The lowest BCUT2D eigenvalue weighted by molar-refractivity contribution is -0.118. The summed E-state index contributed by atoms with van der Waals surface area (Å²) in [4.78, 5) is 19.9. The molecule has 4 nitrogen and oxygen atoms in total. The van der Waals surface area contributed by atoms with Gasteiger partial charge in [-0.2, -0.15) is 0 Å². The number of carbonyl (C=O) groups excluding carboxylic acids is 1. The van der Waals surface area contributed by atoms with E-state index >= 15 is 0 Å². The van der Waals surface area contributed by atoms with Crippen LogP contribution in [-0.2, 0) is 11.2 Å². The fourth-order valence-electron chi connectivity index (χ4n) is 2.12. The van der Waals surface area contributed by atoms with Crippen molar-refractivity contribution in [3.05, 3.63) is 53.3 Å². The zero-order valence-corrected chi connectivity index (χ0v) is 13.8. The van der Waals surface area contributed by atoms with E-state index < -0.39 is 0 Å². The predicted octanol–water partition coefficient (Wildman–Crippen LogP) is 3.40. The van der Waals surface area contributed by atoms with Crippen LogP contribution in [0.4, 0.5) is 11.4 Å². The summed E-state index contributed by atoms with van der Waals surface area (Å²) in [6.45, 7) is 0. The number of amides is 1. The molecular formula is C17H20ClN3O. The second-order valence-electron chi connectivity index (χ2n) is 5.36. The molecular weight excluding hydrogens is 298 g/mol. The quantitative estimate of drug-likeness (QED) is 0.793. The van der Waals surface area contributed by atoms with Crippen molar-refractivity contribution in [2.75, 3.05) is 30.9 Å². The van der Waals surface area contributed by atoms with Crippen LogP contribution in [0.3, 0.4) is 0 Å². The monoisotopic (exact) mass is 317 g/mol. The second kappa shape index (κ2) is 7.27. The van der Waals surface area contributed by atoms with Crippen LogP contribution < -0.4 is 9.80 Å². The molecule has 1 aromatic carbocycles. The Labute approximate surface area is 136 Å². The molecule has 0 fully saturated rings. The van der Waals surface area contributed by atoms with Crippen molar-refractivity contribution < 1.29 is 4.79 Å². The highest BCUT2D eigenvalue weighted by Crippen LogP contribution is 2.17. The van der Waals surface area contributed by atoms with Gasteiger partial charge in [-0.05, 0) is 36.2 Å². The van der Waals surface area contributed by atoms with E-state index in [1.54, 1.807) is 30.3 Å². The highest BCUT2D eigenvalue weighted by Gasteiger charge is 2.11. The third-order valence-corrected chi connectivity index (χ3v) is 3.75. The lowest BCUT2D eigenvalue weighted by Gasteiger charge is -2.17. The van der Waals surface area contributed by atoms with Crippen LogP contribution in [0.25, 0.3) is 0 Å². The van der Waals surface area contributed by atoms with Crippen LogP contribution in [0, 0.1) is 0 Å². The molecule has 116 valence electrons. The molecule has 1 aromatic heterocycles. The van der Waals surface area contributed by atoms with E-state index in [-0.39, 0.29) is 5.91 Å². The molecule has 0 saturated carbocycles. The van der Waals surface area contributed by atoms with Crippen molar-refractivity contribution in [1.82, 2.24) is 4.98 Å². The molecule has 1 heterocycles. The molecule has 0 N–H and O–H groups in total. The number of halogens is 1. The molecule has 0 unspecified atom stereocenters. The number of nitrogens with zero attached hydrogens (tertiary/aromatic N) is 3. The summed E-state index contributed by atoms with van der Waals surface area (Å²) in [7, 11) is 5.76. The molecule has 22 heavy (non-hydrogen) atoms. The SMILES string of the molecule is CN(C)c1cccc(CCC(=O)N(C)c2ccc(Cl)nc2)c1. The molecule has 0 aliphatic carbocycles. The first-order valence-electron chi connectivity index (χ1n) is 7.12. The summed E-state index contributed by atoms with van der Waals surface area (Å²) in [5, 5.41) is 0.421. The zero-order valence-electron chi connectivity index (χ0n) is 13.1. The third kappa shape index (κ3) is 4.21. The fraction of sp³-hybridized carbons (Fsp3) is 0.294. The Bertz CT molecular complexity index is 641. The first-order chi connectivity index (χ1) is 10.5. The third-order valence-electron chi connectivity index (χ3n) is 3.53. The number of aromatic nitrogens is 1. The molecule has 0 spiro atoms. The summed E-state index contributed by atoms with van der Waals surface area (Å²) in [5.41, 5.74) is 3.04. The molecule has 0 aliphatic rings. The van der Waals surface area contributed by atoms with Gasteiger partial charge in [0, 0.05) is 33.3 Å². The first-order valence-corrected chi connectivity index (χ1v) is 7.49. The van der Waals surface area contributed by atoms with Gasteiger partial charge in [-0.3, -0.25) is 4.79 Å². The van der Waals surface area contributed by atoms with Gasteiger partial charge in [0.15, 0.2) is 0 Å². The van der Waals surface area contributed by atoms with E-state index in [9.17, 15) is 4.79 Å². The minimum Gasteiger partial charge on any atom is -0.378 e. The van der Waals surface area contributed by atoms with Gasteiger partial charge in [0.25, 0.3) is 0 Å². The summed E-state index contributed by atoms with van der Waals surface area (Å²) in [6.07, 6.45) is 2.77. The maximum absolute atomic E-state index is 12.3. The van der Waals surface area contributed by atoms with Crippen molar-refractivity contribution in [3.8, 4) is 0 Å². The Kier molecular flexibility index (Phi) is 5.39. The van der Waals surface area contributed by atoms with E-state index in [1.807, 2.05) is 26.2 Å². The summed E-state index contributed by atoms with van der Waals surface area (Å²) < 4.78 is 0. The van der Waals surface area contributed by atoms with Crippen LogP contribution in [0.5, 0.6) is 0 Å². The van der Waals surface area contributed by atoms with Gasteiger partial charge in [0.05, 0.1) is 11.9 Å². The molecule has 5 heteroatoms.